The van der Waals surface area contributed by atoms with E-state index in [9.17, 15) is 9.18 Å². The van der Waals surface area contributed by atoms with Crippen LogP contribution in [0.25, 0.3) is 0 Å². The molecule has 0 unspecified atom stereocenters. The third kappa shape index (κ3) is 1.61. The number of ether oxygens (including phenoxy) is 2. The lowest BCUT2D eigenvalue weighted by atomic mass is 10.1. The van der Waals surface area contributed by atoms with E-state index in [0.717, 1.165) is 5.56 Å². The first-order valence-corrected chi connectivity index (χ1v) is 4.21. The van der Waals surface area contributed by atoms with Gasteiger partial charge in [-0.2, -0.15) is 0 Å². The first kappa shape index (κ1) is 9.15. The van der Waals surface area contributed by atoms with Crippen molar-refractivity contribution in [1.82, 2.24) is 0 Å². The summed E-state index contributed by atoms with van der Waals surface area (Å²) >= 11 is 0. The molecule has 1 aromatic carbocycles. The van der Waals surface area contributed by atoms with Gasteiger partial charge in [0, 0.05) is 0 Å². The number of halogens is 1. The topological polar surface area (TPSA) is 38.8 Å². The van der Waals surface area contributed by atoms with Crippen molar-refractivity contribution < 1.29 is 18.7 Å². The molecule has 0 spiro atoms. The van der Waals surface area contributed by atoms with Gasteiger partial charge in [0.05, 0.1) is 7.11 Å². The average Bonchev–Trinajstić information content (AvgIpc) is 2.98. The van der Waals surface area contributed by atoms with E-state index in [-0.39, 0.29) is 17.9 Å². The molecule has 1 aliphatic rings. The van der Waals surface area contributed by atoms with Gasteiger partial charge in [0.25, 0.3) is 0 Å². The number of esters is 1. The summed E-state index contributed by atoms with van der Waals surface area (Å²) < 4.78 is 22.2. The van der Waals surface area contributed by atoms with E-state index in [1.165, 1.54) is 19.2 Å². The van der Waals surface area contributed by atoms with Gasteiger partial charge in [-0.25, -0.2) is 9.18 Å². The number of carbonyl (C=O) groups is 1. The molecule has 1 saturated heterocycles. The largest absolute Gasteiger partial charge is 0.467 e. The molecule has 1 aromatic rings. The Balaban J connectivity index is 2.06. The van der Waals surface area contributed by atoms with E-state index in [2.05, 4.69) is 4.74 Å². The van der Waals surface area contributed by atoms with E-state index in [1.807, 2.05) is 0 Å². The molecule has 2 atom stereocenters. The van der Waals surface area contributed by atoms with E-state index in [1.54, 1.807) is 12.1 Å². The predicted octanol–water partition coefficient (Wildman–Crippen LogP) is 1.44. The van der Waals surface area contributed by atoms with Crippen molar-refractivity contribution in [2.75, 3.05) is 7.11 Å². The smallest absolute Gasteiger partial charge is 0.338 e. The number of epoxide rings is 1. The third-order valence-electron chi connectivity index (χ3n) is 2.12. The van der Waals surface area contributed by atoms with Crippen molar-refractivity contribution in [2.45, 2.75) is 12.2 Å². The Hall–Kier alpha value is -1.42. The summed E-state index contributed by atoms with van der Waals surface area (Å²) in [5, 5.41) is 0. The van der Waals surface area contributed by atoms with Crippen LogP contribution >= 0.6 is 0 Å². The third-order valence-corrected chi connectivity index (χ3v) is 2.12. The summed E-state index contributed by atoms with van der Waals surface area (Å²) in [4.78, 5) is 11.0. The van der Waals surface area contributed by atoms with Crippen molar-refractivity contribution in [1.29, 1.82) is 0 Å². The SMILES string of the molecule is COC(=O)[C@H]1O[C@@H]1c1ccc(F)cc1. The fourth-order valence-corrected chi connectivity index (χ4v) is 1.31. The quantitative estimate of drug-likeness (QED) is 0.530. The van der Waals surface area contributed by atoms with E-state index >= 15 is 0 Å². The van der Waals surface area contributed by atoms with Crippen LogP contribution in [-0.4, -0.2) is 19.2 Å². The molecule has 0 aromatic heterocycles. The second-order valence-electron chi connectivity index (χ2n) is 3.05. The molecule has 4 heteroatoms. The van der Waals surface area contributed by atoms with Crippen LogP contribution in [-0.2, 0) is 14.3 Å². The lowest BCUT2D eigenvalue weighted by Gasteiger charge is -1.95. The first-order valence-electron chi connectivity index (χ1n) is 4.21. The Kier molecular flexibility index (Phi) is 2.21. The molecule has 0 bridgehead atoms. The van der Waals surface area contributed by atoms with Gasteiger partial charge in [-0.05, 0) is 17.7 Å². The van der Waals surface area contributed by atoms with Crippen molar-refractivity contribution in [3.8, 4) is 0 Å². The average molecular weight is 196 g/mol. The fraction of sp³-hybridized carbons (Fsp3) is 0.300. The summed E-state index contributed by atoms with van der Waals surface area (Å²) in [5.74, 6) is -0.691. The van der Waals surface area contributed by atoms with Gasteiger partial charge >= 0.3 is 5.97 Å². The highest BCUT2D eigenvalue weighted by molar-refractivity contribution is 5.78. The summed E-state index contributed by atoms with van der Waals surface area (Å²) in [6, 6.07) is 5.88. The van der Waals surface area contributed by atoms with Gasteiger partial charge < -0.3 is 9.47 Å². The van der Waals surface area contributed by atoms with Crippen LogP contribution in [0.3, 0.4) is 0 Å². The van der Waals surface area contributed by atoms with Gasteiger partial charge in [0.15, 0.2) is 6.10 Å². The maximum absolute atomic E-state index is 12.6. The van der Waals surface area contributed by atoms with Crippen LogP contribution in [0.4, 0.5) is 4.39 Å². The van der Waals surface area contributed by atoms with Gasteiger partial charge in [-0.15, -0.1) is 0 Å². The van der Waals surface area contributed by atoms with Crippen LogP contribution < -0.4 is 0 Å². The summed E-state index contributed by atoms with van der Waals surface area (Å²) in [7, 11) is 1.31. The minimum Gasteiger partial charge on any atom is -0.467 e. The maximum Gasteiger partial charge on any atom is 0.338 e. The zero-order chi connectivity index (χ0) is 10.1. The van der Waals surface area contributed by atoms with Crippen LogP contribution in [0.15, 0.2) is 24.3 Å². The second kappa shape index (κ2) is 3.38. The van der Waals surface area contributed by atoms with Crippen LogP contribution in [0.2, 0.25) is 0 Å². The Labute approximate surface area is 80.4 Å². The Morgan fingerprint density at radius 3 is 2.64 bits per heavy atom. The van der Waals surface area contributed by atoms with Crippen molar-refractivity contribution >= 4 is 5.97 Å². The molecule has 3 nitrogen and oxygen atoms in total. The number of rotatable bonds is 2. The van der Waals surface area contributed by atoms with Crippen molar-refractivity contribution in [3.05, 3.63) is 35.6 Å². The number of carbonyl (C=O) groups excluding carboxylic acids is 1. The van der Waals surface area contributed by atoms with E-state index in [4.69, 9.17) is 4.74 Å². The summed E-state index contributed by atoms with van der Waals surface area (Å²) in [6.07, 6.45) is -0.798. The van der Waals surface area contributed by atoms with Gasteiger partial charge in [-0.3, -0.25) is 0 Å². The minimum absolute atomic E-state index is 0.275. The fourth-order valence-electron chi connectivity index (χ4n) is 1.31. The van der Waals surface area contributed by atoms with Gasteiger partial charge in [0.2, 0.25) is 0 Å². The number of methoxy groups -OCH3 is 1. The normalized spacial score (nSPS) is 24.4. The zero-order valence-corrected chi connectivity index (χ0v) is 7.57. The maximum atomic E-state index is 12.6. The van der Waals surface area contributed by atoms with Crippen LogP contribution in [0.1, 0.15) is 11.7 Å². The molecule has 0 saturated carbocycles. The molecule has 2 rings (SSSR count). The lowest BCUT2D eigenvalue weighted by Crippen LogP contribution is -2.09. The summed E-state index contributed by atoms with van der Waals surface area (Å²) in [6.45, 7) is 0. The van der Waals surface area contributed by atoms with Crippen molar-refractivity contribution in [2.24, 2.45) is 0 Å². The molecule has 1 aliphatic heterocycles. The predicted molar refractivity (Wildman–Crippen MR) is 46.0 cm³/mol. The second-order valence-corrected chi connectivity index (χ2v) is 3.05. The standard InChI is InChI=1S/C10H9FO3/c1-13-10(12)9-8(14-9)6-2-4-7(11)5-3-6/h2-5,8-9H,1H3/t8-,9+/m1/s1. The van der Waals surface area contributed by atoms with E-state index in [0.29, 0.717) is 0 Å². The van der Waals surface area contributed by atoms with Crippen LogP contribution in [0.5, 0.6) is 0 Å². The first-order chi connectivity index (χ1) is 6.72. The number of hydrogen-bond donors (Lipinski definition) is 0. The minimum atomic E-state index is -0.523. The van der Waals surface area contributed by atoms with Crippen LogP contribution in [0, 0.1) is 5.82 Å². The molecular weight excluding hydrogens is 187 g/mol. The number of hydrogen-bond acceptors (Lipinski definition) is 3. The Morgan fingerprint density at radius 2 is 2.07 bits per heavy atom. The van der Waals surface area contributed by atoms with Gasteiger partial charge in [0.1, 0.15) is 11.9 Å². The molecule has 1 fully saturated rings. The molecule has 14 heavy (non-hydrogen) atoms. The molecule has 0 amide bonds. The lowest BCUT2D eigenvalue weighted by molar-refractivity contribution is -0.142. The monoisotopic (exact) mass is 196 g/mol. The number of benzene rings is 1. The molecule has 74 valence electrons. The molecule has 0 N–H and O–H groups in total. The molecule has 0 radical (unpaired) electrons. The Morgan fingerprint density at radius 1 is 1.43 bits per heavy atom. The summed E-state index contributed by atoms with van der Waals surface area (Å²) in [5.41, 5.74) is 0.793. The zero-order valence-electron chi connectivity index (χ0n) is 7.57. The highest BCUT2D eigenvalue weighted by Crippen LogP contribution is 2.39. The van der Waals surface area contributed by atoms with E-state index < -0.39 is 6.10 Å². The van der Waals surface area contributed by atoms with Crippen molar-refractivity contribution in [3.63, 3.8) is 0 Å². The molecule has 0 aliphatic carbocycles. The highest BCUT2D eigenvalue weighted by Gasteiger charge is 2.47. The molecular formula is C10H9FO3. The van der Waals surface area contributed by atoms with Gasteiger partial charge in [-0.1, -0.05) is 12.1 Å². The Bertz CT molecular complexity index is 347. The molecule has 1 heterocycles. The highest BCUT2D eigenvalue weighted by atomic mass is 19.1.